The molecule has 7 heteroatoms. The van der Waals surface area contributed by atoms with Crippen LogP contribution >= 0.6 is 11.3 Å². The highest BCUT2D eigenvalue weighted by Gasteiger charge is 2.21. The number of hydrogen-bond acceptors (Lipinski definition) is 4. The molecule has 0 bridgehead atoms. The maximum Gasteiger partial charge on any atom is 0.315 e. The highest BCUT2D eigenvalue weighted by atomic mass is 32.1. The van der Waals surface area contributed by atoms with E-state index in [1.165, 1.54) is 11.3 Å². The zero-order valence-corrected chi connectivity index (χ0v) is 12.1. The molecular formula is C12H19N3O3S. The summed E-state index contributed by atoms with van der Waals surface area (Å²) in [5.41, 5.74) is 0.265. The summed E-state index contributed by atoms with van der Waals surface area (Å²) in [6.07, 6.45) is 0.407. The molecule has 1 aromatic heterocycles. The van der Waals surface area contributed by atoms with E-state index < -0.39 is 11.5 Å². The molecule has 0 atom stereocenters. The number of rotatable bonds is 6. The van der Waals surface area contributed by atoms with Crippen LogP contribution in [0, 0.1) is 6.92 Å². The van der Waals surface area contributed by atoms with Gasteiger partial charge in [0.05, 0.1) is 17.2 Å². The number of nitrogens with zero attached hydrogens (tertiary/aromatic N) is 1. The number of hydrogen-bond donors (Lipinski definition) is 3. The summed E-state index contributed by atoms with van der Waals surface area (Å²) in [6.45, 7) is 5.86. The van der Waals surface area contributed by atoms with Crippen LogP contribution in [0.5, 0.6) is 0 Å². The molecule has 6 nitrogen and oxygen atoms in total. The quantitative estimate of drug-likeness (QED) is 0.744. The zero-order valence-electron chi connectivity index (χ0n) is 11.3. The normalized spacial score (nSPS) is 11.1. The van der Waals surface area contributed by atoms with Gasteiger partial charge in [0.15, 0.2) is 0 Å². The minimum Gasteiger partial charge on any atom is -0.481 e. The topological polar surface area (TPSA) is 91.3 Å². The average molecular weight is 285 g/mol. The minimum absolute atomic E-state index is 0.0264. The number of aliphatic carboxylic acids is 1. The first-order chi connectivity index (χ1) is 8.78. The van der Waals surface area contributed by atoms with E-state index in [0.717, 1.165) is 10.7 Å². The van der Waals surface area contributed by atoms with Crippen LogP contribution in [0.25, 0.3) is 0 Å². The molecule has 0 aromatic carbocycles. The molecule has 1 heterocycles. The molecule has 0 aliphatic heterocycles. The molecule has 0 spiro atoms. The van der Waals surface area contributed by atoms with Crippen LogP contribution in [0.3, 0.4) is 0 Å². The van der Waals surface area contributed by atoms with Gasteiger partial charge in [-0.25, -0.2) is 9.78 Å². The van der Waals surface area contributed by atoms with Gasteiger partial charge in [0.2, 0.25) is 0 Å². The molecule has 3 N–H and O–H groups in total. The van der Waals surface area contributed by atoms with Gasteiger partial charge in [0.25, 0.3) is 0 Å². The van der Waals surface area contributed by atoms with E-state index in [2.05, 4.69) is 15.6 Å². The molecule has 0 aliphatic rings. The van der Waals surface area contributed by atoms with Crippen molar-refractivity contribution in [2.24, 2.45) is 0 Å². The summed E-state index contributed by atoms with van der Waals surface area (Å²) >= 11 is 1.53. The van der Waals surface area contributed by atoms with E-state index >= 15 is 0 Å². The summed E-state index contributed by atoms with van der Waals surface area (Å²) in [5.74, 6) is -0.867. The average Bonchev–Trinajstić information content (AvgIpc) is 2.69. The maximum absolute atomic E-state index is 11.7. The monoisotopic (exact) mass is 285 g/mol. The van der Waals surface area contributed by atoms with Crippen LogP contribution in [-0.4, -0.2) is 27.6 Å². The van der Waals surface area contributed by atoms with Gasteiger partial charge in [-0.05, 0) is 27.2 Å². The lowest BCUT2D eigenvalue weighted by molar-refractivity contribution is -0.137. The van der Waals surface area contributed by atoms with Crippen molar-refractivity contribution in [3.63, 3.8) is 0 Å². The first-order valence-corrected chi connectivity index (χ1v) is 6.85. The molecule has 106 valence electrons. The summed E-state index contributed by atoms with van der Waals surface area (Å²) in [6, 6.07) is -0.318. The minimum atomic E-state index is -0.867. The third-order valence-electron chi connectivity index (χ3n) is 2.51. The predicted octanol–water partition coefficient (Wildman–Crippen LogP) is 1.89. The van der Waals surface area contributed by atoms with Crippen molar-refractivity contribution in [3.8, 4) is 0 Å². The highest BCUT2D eigenvalue weighted by Crippen LogP contribution is 2.11. The van der Waals surface area contributed by atoms with Crippen molar-refractivity contribution in [1.82, 2.24) is 15.6 Å². The SMILES string of the molecule is Cc1nc(CNC(=O)NC(C)(C)CCC(=O)O)cs1. The van der Waals surface area contributed by atoms with Crippen LogP contribution in [0.1, 0.15) is 37.4 Å². The summed E-state index contributed by atoms with van der Waals surface area (Å²) in [7, 11) is 0. The van der Waals surface area contributed by atoms with Gasteiger partial charge in [-0.3, -0.25) is 4.79 Å². The predicted molar refractivity (Wildman–Crippen MR) is 73.2 cm³/mol. The van der Waals surface area contributed by atoms with Gasteiger partial charge in [-0.15, -0.1) is 11.3 Å². The number of aromatic nitrogens is 1. The number of carbonyl (C=O) groups excluding carboxylic acids is 1. The Bertz CT molecular complexity index is 457. The number of aryl methyl sites for hydroxylation is 1. The maximum atomic E-state index is 11.7. The number of carbonyl (C=O) groups is 2. The second-order valence-corrected chi connectivity index (χ2v) is 6.01. The summed E-state index contributed by atoms with van der Waals surface area (Å²) in [4.78, 5) is 26.4. The number of carboxylic acid groups (broad SMARTS) is 1. The summed E-state index contributed by atoms with van der Waals surface area (Å²) < 4.78 is 0. The Balaban J connectivity index is 2.35. The van der Waals surface area contributed by atoms with Crippen molar-refractivity contribution in [2.75, 3.05) is 0 Å². The van der Waals surface area contributed by atoms with E-state index in [1.807, 2.05) is 12.3 Å². The van der Waals surface area contributed by atoms with Crippen LogP contribution in [0.15, 0.2) is 5.38 Å². The Hall–Kier alpha value is -1.63. The second kappa shape index (κ2) is 6.51. The van der Waals surface area contributed by atoms with Gasteiger partial charge < -0.3 is 15.7 Å². The first kappa shape index (κ1) is 15.4. The van der Waals surface area contributed by atoms with Crippen molar-refractivity contribution >= 4 is 23.3 Å². The Labute approximate surface area is 116 Å². The number of carboxylic acids is 1. The number of nitrogens with one attached hydrogen (secondary N) is 2. The molecule has 0 saturated heterocycles. The lowest BCUT2D eigenvalue weighted by Crippen LogP contribution is -2.48. The Kier molecular flexibility index (Phi) is 5.29. The second-order valence-electron chi connectivity index (χ2n) is 4.94. The highest BCUT2D eigenvalue weighted by molar-refractivity contribution is 7.09. The molecule has 0 saturated carbocycles. The van der Waals surface area contributed by atoms with Gasteiger partial charge in [-0.2, -0.15) is 0 Å². The smallest absolute Gasteiger partial charge is 0.315 e. The van der Waals surface area contributed by atoms with E-state index in [-0.39, 0.29) is 12.5 Å². The fourth-order valence-corrected chi connectivity index (χ4v) is 2.11. The van der Waals surface area contributed by atoms with Crippen LogP contribution in [0.4, 0.5) is 4.79 Å². The largest absolute Gasteiger partial charge is 0.481 e. The molecule has 0 radical (unpaired) electrons. The van der Waals surface area contributed by atoms with Gasteiger partial charge in [0.1, 0.15) is 0 Å². The Morgan fingerprint density at radius 3 is 2.68 bits per heavy atom. The van der Waals surface area contributed by atoms with Crippen molar-refractivity contribution < 1.29 is 14.7 Å². The number of thiazole rings is 1. The fraction of sp³-hybridized carbons (Fsp3) is 0.583. The van der Waals surface area contributed by atoms with Crippen LogP contribution in [0.2, 0.25) is 0 Å². The Morgan fingerprint density at radius 1 is 1.47 bits per heavy atom. The molecule has 2 amide bonds. The first-order valence-electron chi connectivity index (χ1n) is 5.97. The molecule has 0 unspecified atom stereocenters. The lowest BCUT2D eigenvalue weighted by atomic mass is 9.99. The molecule has 1 aromatic rings. The number of amides is 2. The third kappa shape index (κ3) is 6.19. The standard InChI is InChI=1S/C12H19N3O3S/c1-8-14-9(7-19-8)6-13-11(18)15-12(2,3)5-4-10(16)17/h7H,4-6H2,1-3H3,(H,16,17)(H2,13,15,18). The van der Waals surface area contributed by atoms with Crippen LogP contribution in [-0.2, 0) is 11.3 Å². The van der Waals surface area contributed by atoms with Crippen molar-refractivity contribution in [1.29, 1.82) is 0 Å². The van der Waals surface area contributed by atoms with E-state index in [1.54, 1.807) is 13.8 Å². The van der Waals surface area contributed by atoms with E-state index in [4.69, 9.17) is 5.11 Å². The number of urea groups is 1. The molecular weight excluding hydrogens is 266 g/mol. The van der Waals surface area contributed by atoms with E-state index in [0.29, 0.717) is 13.0 Å². The van der Waals surface area contributed by atoms with Gasteiger partial charge in [0, 0.05) is 17.3 Å². The molecule has 1 rings (SSSR count). The molecule has 0 aliphatic carbocycles. The van der Waals surface area contributed by atoms with Gasteiger partial charge >= 0.3 is 12.0 Å². The van der Waals surface area contributed by atoms with E-state index in [9.17, 15) is 9.59 Å². The molecule has 0 fully saturated rings. The third-order valence-corrected chi connectivity index (χ3v) is 3.33. The Morgan fingerprint density at radius 2 is 2.16 bits per heavy atom. The molecule has 19 heavy (non-hydrogen) atoms. The van der Waals surface area contributed by atoms with Crippen molar-refractivity contribution in [2.45, 2.75) is 45.7 Å². The zero-order chi connectivity index (χ0) is 14.5. The fourth-order valence-electron chi connectivity index (χ4n) is 1.49. The van der Waals surface area contributed by atoms with Crippen molar-refractivity contribution in [3.05, 3.63) is 16.1 Å². The lowest BCUT2D eigenvalue weighted by Gasteiger charge is -2.25. The van der Waals surface area contributed by atoms with Gasteiger partial charge in [-0.1, -0.05) is 0 Å². The van der Waals surface area contributed by atoms with Crippen LogP contribution < -0.4 is 10.6 Å². The summed E-state index contributed by atoms with van der Waals surface area (Å²) in [5, 5.41) is 16.9.